The fraction of sp³-hybridized carbons (Fsp3) is 0.579. The number of likely N-dealkylation sites (tertiary alicyclic amines) is 1. The Bertz CT molecular complexity index is 629. The third-order valence-corrected chi connectivity index (χ3v) is 4.96. The van der Waals surface area contributed by atoms with Crippen LogP contribution in [0.15, 0.2) is 18.2 Å². The van der Waals surface area contributed by atoms with Gasteiger partial charge in [-0.2, -0.15) is 0 Å². The van der Waals surface area contributed by atoms with Gasteiger partial charge in [0.1, 0.15) is 0 Å². The van der Waals surface area contributed by atoms with Gasteiger partial charge in [-0.25, -0.2) is 0 Å². The molecule has 0 bridgehead atoms. The number of benzene rings is 1. The first-order valence-corrected chi connectivity index (χ1v) is 8.92. The summed E-state index contributed by atoms with van der Waals surface area (Å²) < 4.78 is 0. The molecule has 0 radical (unpaired) electrons. The molecule has 1 atom stereocenters. The van der Waals surface area contributed by atoms with Gasteiger partial charge in [0.25, 0.3) is 0 Å². The number of nitrogens with zero attached hydrogens (tertiary/aromatic N) is 2. The van der Waals surface area contributed by atoms with Crippen LogP contribution in [0.25, 0.3) is 0 Å². The molecule has 5 nitrogen and oxygen atoms in total. The molecule has 1 aromatic carbocycles. The molecule has 2 aliphatic heterocycles. The van der Waals surface area contributed by atoms with E-state index in [4.69, 9.17) is 0 Å². The zero-order chi connectivity index (χ0) is 17.1. The molecule has 3 rings (SSSR count). The zero-order valence-electron chi connectivity index (χ0n) is 14.7. The van der Waals surface area contributed by atoms with Crippen LogP contribution < -0.4 is 10.2 Å². The molecule has 0 unspecified atom stereocenters. The standard InChI is InChI=1S/C19H27N3O2/c1-14-7-8-18-16(11-14)5-3-9-21(18)13-19(24)22-10-4-6-17(12-22)20-15(2)23/h7-8,11,17H,3-6,9-10,12-13H2,1-2H3,(H,20,23)/t17-/m1/s1. The minimum atomic E-state index is -0.0189. The number of rotatable bonds is 3. The number of carbonyl (C=O) groups excluding carboxylic acids is 2. The van der Waals surface area contributed by atoms with Crippen molar-refractivity contribution < 1.29 is 9.59 Å². The van der Waals surface area contributed by atoms with E-state index in [2.05, 4.69) is 35.3 Å². The Morgan fingerprint density at radius 3 is 2.88 bits per heavy atom. The minimum absolute atomic E-state index is 0.0189. The van der Waals surface area contributed by atoms with Gasteiger partial charge in [0, 0.05) is 38.3 Å². The Hall–Kier alpha value is -2.04. The second kappa shape index (κ2) is 7.24. The lowest BCUT2D eigenvalue weighted by atomic mass is 9.99. The third kappa shape index (κ3) is 3.89. The van der Waals surface area contributed by atoms with Crippen molar-refractivity contribution in [3.05, 3.63) is 29.3 Å². The Kier molecular flexibility index (Phi) is 5.07. The number of nitrogens with one attached hydrogen (secondary N) is 1. The van der Waals surface area contributed by atoms with E-state index in [0.29, 0.717) is 13.1 Å². The van der Waals surface area contributed by atoms with Crippen LogP contribution in [0.1, 0.15) is 37.3 Å². The molecule has 0 spiro atoms. The van der Waals surface area contributed by atoms with Crippen LogP contribution in [0.4, 0.5) is 5.69 Å². The average molecular weight is 329 g/mol. The normalized spacial score (nSPS) is 20.5. The van der Waals surface area contributed by atoms with Crippen molar-refractivity contribution in [2.24, 2.45) is 0 Å². The molecular weight excluding hydrogens is 302 g/mol. The topological polar surface area (TPSA) is 52.7 Å². The van der Waals surface area contributed by atoms with Gasteiger partial charge in [-0.15, -0.1) is 0 Å². The molecule has 24 heavy (non-hydrogen) atoms. The first-order chi connectivity index (χ1) is 11.5. The molecule has 1 fully saturated rings. The lowest BCUT2D eigenvalue weighted by molar-refractivity contribution is -0.132. The summed E-state index contributed by atoms with van der Waals surface area (Å²) in [5, 5.41) is 2.95. The van der Waals surface area contributed by atoms with Crippen LogP contribution in [0.5, 0.6) is 0 Å². The maximum absolute atomic E-state index is 12.7. The maximum Gasteiger partial charge on any atom is 0.242 e. The number of hydrogen-bond acceptors (Lipinski definition) is 3. The third-order valence-electron chi connectivity index (χ3n) is 4.96. The maximum atomic E-state index is 12.7. The predicted molar refractivity (Wildman–Crippen MR) is 95.1 cm³/mol. The van der Waals surface area contributed by atoms with Crippen LogP contribution >= 0.6 is 0 Å². The lowest BCUT2D eigenvalue weighted by Crippen LogP contribution is -2.51. The smallest absolute Gasteiger partial charge is 0.242 e. The summed E-state index contributed by atoms with van der Waals surface area (Å²) in [7, 11) is 0. The molecule has 1 saturated heterocycles. The average Bonchev–Trinajstić information content (AvgIpc) is 2.54. The summed E-state index contributed by atoms with van der Waals surface area (Å²) >= 11 is 0. The van der Waals surface area contributed by atoms with Crippen LogP contribution in [0.3, 0.4) is 0 Å². The molecule has 5 heteroatoms. The number of hydrogen-bond donors (Lipinski definition) is 1. The van der Waals surface area contributed by atoms with E-state index >= 15 is 0 Å². The Morgan fingerprint density at radius 2 is 2.08 bits per heavy atom. The molecular formula is C19H27N3O2. The van der Waals surface area contributed by atoms with Crippen molar-refractivity contribution in [1.82, 2.24) is 10.2 Å². The van der Waals surface area contributed by atoms with Gasteiger partial charge < -0.3 is 15.1 Å². The summed E-state index contributed by atoms with van der Waals surface area (Å²) in [6.07, 6.45) is 4.09. The molecule has 0 saturated carbocycles. The quantitative estimate of drug-likeness (QED) is 0.921. The van der Waals surface area contributed by atoms with E-state index < -0.39 is 0 Å². The summed E-state index contributed by atoms with van der Waals surface area (Å²) in [6, 6.07) is 6.60. The van der Waals surface area contributed by atoms with Crippen molar-refractivity contribution in [3.63, 3.8) is 0 Å². The van der Waals surface area contributed by atoms with Crippen LogP contribution in [-0.2, 0) is 16.0 Å². The van der Waals surface area contributed by atoms with Gasteiger partial charge in [-0.1, -0.05) is 17.7 Å². The fourth-order valence-electron chi connectivity index (χ4n) is 3.84. The lowest BCUT2D eigenvalue weighted by Gasteiger charge is -2.36. The highest BCUT2D eigenvalue weighted by molar-refractivity contribution is 5.82. The highest BCUT2D eigenvalue weighted by Crippen LogP contribution is 2.28. The first kappa shape index (κ1) is 16.8. The monoisotopic (exact) mass is 329 g/mol. The molecule has 1 aromatic rings. The van der Waals surface area contributed by atoms with Crippen LogP contribution in [-0.4, -0.2) is 48.9 Å². The van der Waals surface area contributed by atoms with Crippen molar-refractivity contribution in [1.29, 1.82) is 0 Å². The molecule has 130 valence electrons. The summed E-state index contributed by atoms with van der Waals surface area (Å²) in [5.41, 5.74) is 3.83. The summed E-state index contributed by atoms with van der Waals surface area (Å²) in [6.45, 7) is 6.44. The van der Waals surface area contributed by atoms with E-state index in [1.54, 1.807) is 0 Å². The van der Waals surface area contributed by atoms with Crippen molar-refractivity contribution >= 4 is 17.5 Å². The molecule has 2 amide bonds. The number of fused-ring (bicyclic) bond motifs is 1. The van der Waals surface area contributed by atoms with Gasteiger partial charge in [-0.3, -0.25) is 9.59 Å². The van der Waals surface area contributed by atoms with Gasteiger partial charge in [0.2, 0.25) is 11.8 Å². The Labute approximate surface area is 144 Å². The number of amides is 2. The Balaban J connectivity index is 1.64. The van der Waals surface area contributed by atoms with Crippen molar-refractivity contribution in [2.45, 2.75) is 45.6 Å². The first-order valence-electron chi connectivity index (χ1n) is 8.92. The van der Waals surface area contributed by atoms with Gasteiger partial charge in [0.05, 0.1) is 6.54 Å². The van der Waals surface area contributed by atoms with Gasteiger partial charge in [0.15, 0.2) is 0 Å². The Morgan fingerprint density at radius 1 is 1.25 bits per heavy atom. The minimum Gasteiger partial charge on any atom is -0.362 e. The largest absolute Gasteiger partial charge is 0.362 e. The number of aryl methyl sites for hydroxylation is 2. The van der Waals surface area contributed by atoms with Gasteiger partial charge >= 0.3 is 0 Å². The fourth-order valence-corrected chi connectivity index (χ4v) is 3.84. The molecule has 0 aliphatic carbocycles. The van der Waals surface area contributed by atoms with E-state index in [-0.39, 0.29) is 17.9 Å². The van der Waals surface area contributed by atoms with Crippen LogP contribution in [0, 0.1) is 6.92 Å². The van der Waals surface area contributed by atoms with Crippen molar-refractivity contribution in [3.8, 4) is 0 Å². The highest BCUT2D eigenvalue weighted by atomic mass is 16.2. The van der Waals surface area contributed by atoms with Crippen molar-refractivity contribution in [2.75, 3.05) is 31.1 Å². The highest BCUT2D eigenvalue weighted by Gasteiger charge is 2.26. The number of anilines is 1. The SMILES string of the molecule is CC(=O)N[C@@H]1CCCN(C(=O)CN2CCCc3cc(C)ccc32)C1. The molecule has 0 aromatic heterocycles. The van der Waals surface area contributed by atoms with E-state index in [9.17, 15) is 9.59 Å². The second-order valence-electron chi connectivity index (χ2n) is 7.04. The second-order valence-corrected chi connectivity index (χ2v) is 7.04. The molecule has 1 N–H and O–H groups in total. The zero-order valence-corrected chi connectivity index (χ0v) is 14.7. The van der Waals surface area contributed by atoms with E-state index in [0.717, 1.165) is 38.8 Å². The molecule has 2 aliphatic rings. The summed E-state index contributed by atoms with van der Waals surface area (Å²) in [4.78, 5) is 28.1. The van der Waals surface area contributed by atoms with Gasteiger partial charge in [-0.05, 0) is 44.2 Å². The van der Waals surface area contributed by atoms with E-state index in [1.807, 2.05) is 4.90 Å². The van der Waals surface area contributed by atoms with Crippen LogP contribution in [0.2, 0.25) is 0 Å². The number of piperidine rings is 1. The number of carbonyl (C=O) groups is 2. The summed E-state index contributed by atoms with van der Waals surface area (Å²) in [5.74, 6) is 0.146. The molecule has 2 heterocycles. The van der Waals surface area contributed by atoms with E-state index in [1.165, 1.54) is 23.7 Å². The predicted octanol–water partition coefficient (Wildman–Crippen LogP) is 1.87.